The van der Waals surface area contributed by atoms with Crippen LogP contribution in [0.2, 0.25) is 0 Å². The molecule has 1 aliphatic rings. The van der Waals surface area contributed by atoms with Crippen LogP contribution < -0.4 is 0 Å². The molecule has 160 valence electrons. The van der Waals surface area contributed by atoms with Gasteiger partial charge in [-0.1, -0.05) is 30.3 Å². The van der Waals surface area contributed by atoms with Crippen molar-refractivity contribution in [2.75, 3.05) is 13.7 Å². The maximum atomic E-state index is 11.7. The summed E-state index contributed by atoms with van der Waals surface area (Å²) in [6.07, 6.45) is -4.79. The Morgan fingerprint density at radius 3 is 2.07 bits per heavy atom. The Bertz CT molecular complexity index is 690. The normalized spacial score (nSPS) is 26.4. The van der Waals surface area contributed by atoms with E-state index in [0.29, 0.717) is 0 Å². The highest BCUT2D eigenvalue weighted by molar-refractivity contribution is 5.67. The van der Waals surface area contributed by atoms with Crippen LogP contribution in [-0.2, 0) is 49.4 Å². The van der Waals surface area contributed by atoms with Gasteiger partial charge in [0.1, 0.15) is 18.8 Å². The summed E-state index contributed by atoms with van der Waals surface area (Å²) in [4.78, 5) is 34.6. The topological polar surface area (TPSA) is 107 Å². The summed E-state index contributed by atoms with van der Waals surface area (Å²) in [7, 11) is 1.38. The SMILES string of the molecule is CO[C@@H]1O[C@H](COC(C)=O)[C@@H](OC(C)=O)[C@H](OCc2ccccc2)[C@@H]1OC(C)=O. The highest BCUT2D eigenvalue weighted by Crippen LogP contribution is 2.30. The predicted molar refractivity (Wildman–Crippen MR) is 98.4 cm³/mol. The van der Waals surface area contributed by atoms with Crippen LogP contribution in [0.3, 0.4) is 0 Å². The molecule has 9 nitrogen and oxygen atoms in total. The molecule has 0 saturated carbocycles. The van der Waals surface area contributed by atoms with Crippen molar-refractivity contribution in [2.45, 2.75) is 58.1 Å². The summed E-state index contributed by atoms with van der Waals surface area (Å²) >= 11 is 0. The van der Waals surface area contributed by atoms with E-state index in [-0.39, 0.29) is 13.2 Å². The number of carbonyl (C=O) groups is 3. The molecular formula is C20H26O9. The fourth-order valence-corrected chi connectivity index (χ4v) is 3.01. The zero-order valence-corrected chi connectivity index (χ0v) is 16.9. The lowest BCUT2D eigenvalue weighted by atomic mass is 9.98. The second-order valence-electron chi connectivity index (χ2n) is 6.49. The number of esters is 3. The first-order valence-electron chi connectivity index (χ1n) is 9.13. The highest BCUT2D eigenvalue weighted by atomic mass is 16.7. The molecule has 0 spiro atoms. The molecule has 0 N–H and O–H groups in total. The van der Waals surface area contributed by atoms with E-state index < -0.39 is 48.6 Å². The molecule has 0 unspecified atom stereocenters. The Labute approximate surface area is 169 Å². The van der Waals surface area contributed by atoms with Crippen LogP contribution in [-0.4, -0.2) is 62.3 Å². The number of rotatable bonds is 8. The molecule has 0 bridgehead atoms. The lowest BCUT2D eigenvalue weighted by Gasteiger charge is -2.44. The number of methoxy groups -OCH3 is 1. The van der Waals surface area contributed by atoms with Crippen molar-refractivity contribution in [1.82, 2.24) is 0 Å². The molecule has 1 fully saturated rings. The minimum atomic E-state index is -1.01. The fraction of sp³-hybridized carbons (Fsp3) is 0.550. The predicted octanol–water partition coefficient (Wildman–Crippen LogP) is 1.37. The zero-order valence-electron chi connectivity index (χ0n) is 16.9. The van der Waals surface area contributed by atoms with Crippen molar-refractivity contribution >= 4 is 17.9 Å². The minimum absolute atomic E-state index is 0.164. The molecule has 5 atom stereocenters. The Morgan fingerprint density at radius 1 is 0.897 bits per heavy atom. The minimum Gasteiger partial charge on any atom is -0.463 e. The Hall–Kier alpha value is -2.49. The van der Waals surface area contributed by atoms with E-state index in [2.05, 4.69) is 0 Å². The van der Waals surface area contributed by atoms with Crippen molar-refractivity contribution < 1.29 is 42.8 Å². The Kier molecular flexibility index (Phi) is 8.56. The first-order chi connectivity index (χ1) is 13.8. The Balaban J connectivity index is 2.31. The summed E-state index contributed by atoms with van der Waals surface area (Å²) < 4.78 is 32.9. The lowest BCUT2D eigenvalue weighted by molar-refractivity contribution is -0.308. The summed E-state index contributed by atoms with van der Waals surface area (Å²) in [5.74, 6) is -1.68. The molecule has 2 rings (SSSR count). The first-order valence-corrected chi connectivity index (χ1v) is 9.13. The van der Waals surface area contributed by atoms with Gasteiger partial charge in [0.25, 0.3) is 0 Å². The zero-order chi connectivity index (χ0) is 21.4. The second kappa shape index (κ2) is 10.9. The van der Waals surface area contributed by atoms with E-state index in [1.165, 1.54) is 27.9 Å². The molecule has 29 heavy (non-hydrogen) atoms. The number of benzene rings is 1. The van der Waals surface area contributed by atoms with E-state index in [1.807, 2.05) is 30.3 Å². The van der Waals surface area contributed by atoms with Gasteiger partial charge in [-0.25, -0.2) is 0 Å². The standard InChI is InChI=1S/C20H26O9/c1-12(21)25-11-16-17(27-13(2)22)18(26-10-15-8-6-5-7-9-15)19(28-14(3)23)20(24-4)29-16/h5-9,16-20H,10-11H2,1-4H3/t16-,17-,18+,19+,20-/m1/s1. The second-order valence-corrected chi connectivity index (χ2v) is 6.49. The van der Waals surface area contributed by atoms with Crippen molar-refractivity contribution in [3.05, 3.63) is 35.9 Å². The molecule has 9 heteroatoms. The molecule has 0 aromatic heterocycles. The van der Waals surface area contributed by atoms with Crippen LogP contribution in [0, 0.1) is 0 Å². The molecule has 1 aromatic carbocycles. The molecule has 0 radical (unpaired) electrons. The van der Waals surface area contributed by atoms with Gasteiger partial charge in [0.05, 0.1) is 6.61 Å². The van der Waals surface area contributed by atoms with Crippen molar-refractivity contribution in [3.8, 4) is 0 Å². The van der Waals surface area contributed by atoms with E-state index in [9.17, 15) is 14.4 Å². The van der Waals surface area contributed by atoms with Gasteiger partial charge in [0, 0.05) is 27.9 Å². The number of hydrogen-bond acceptors (Lipinski definition) is 9. The van der Waals surface area contributed by atoms with Crippen LogP contribution >= 0.6 is 0 Å². The van der Waals surface area contributed by atoms with E-state index >= 15 is 0 Å². The highest BCUT2D eigenvalue weighted by Gasteiger charge is 2.51. The van der Waals surface area contributed by atoms with Gasteiger partial charge in [-0.3, -0.25) is 14.4 Å². The van der Waals surface area contributed by atoms with Crippen LogP contribution in [0.15, 0.2) is 30.3 Å². The molecule has 1 aliphatic heterocycles. The van der Waals surface area contributed by atoms with Crippen LogP contribution in [0.1, 0.15) is 26.3 Å². The van der Waals surface area contributed by atoms with Gasteiger partial charge in [-0.2, -0.15) is 0 Å². The first kappa shape index (κ1) is 22.8. The lowest BCUT2D eigenvalue weighted by Crippen LogP contribution is -2.62. The number of carbonyl (C=O) groups excluding carboxylic acids is 3. The van der Waals surface area contributed by atoms with Crippen molar-refractivity contribution in [2.24, 2.45) is 0 Å². The molecule has 0 amide bonds. The fourth-order valence-electron chi connectivity index (χ4n) is 3.01. The Morgan fingerprint density at radius 2 is 1.52 bits per heavy atom. The van der Waals surface area contributed by atoms with Crippen LogP contribution in [0.4, 0.5) is 0 Å². The average molecular weight is 410 g/mol. The van der Waals surface area contributed by atoms with Gasteiger partial charge >= 0.3 is 17.9 Å². The molecule has 1 heterocycles. The quantitative estimate of drug-likeness (QED) is 0.464. The largest absolute Gasteiger partial charge is 0.463 e. The number of ether oxygens (including phenoxy) is 6. The molecule has 0 aliphatic carbocycles. The van der Waals surface area contributed by atoms with Crippen molar-refractivity contribution in [1.29, 1.82) is 0 Å². The smallest absolute Gasteiger partial charge is 0.303 e. The van der Waals surface area contributed by atoms with Gasteiger partial charge in [0.15, 0.2) is 18.5 Å². The van der Waals surface area contributed by atoms with Crippen molar-refractivity contribution in [3.63, 3.8) is 0 Å². The average Bonchev–Trinajstić information content (AvgIpc) is 2.66. The van der Waals surface area contributed by atoms with Gasteiger partial charge in [-0.15, -0.1) is 0 Å². The summed E-state index contributed by atoms with van der Waals surface area (Å²) in [6, 6.07) is 9.32. The van der Waals surface area contributed by atoms with Gasteiger partial charge in [0.2, 0.25) is 0 Å². The molecular weight excluding hydrogens is 384 g/mol. The monoisotopic (exact) mass is 410 g/mol. The number of hydrogen-bond donors (Lipinski definition) is 0. The van der Waals surface area contributed by atoms with Gasteiger partial charge < -0.3 is 28.4 Å². The van der Waals surface area contributed by atoms with E-state index in [1.54, 1.807) is 0 Å². The molecule has 1 aromatic rings. The maximum Gasteiger partial charge on any atom is 0.303 e. The van der Waals surface area contributed by atoms with Crippen LogP contribution in [0.25, 0.3) is 0 Å². The van der Waals surface area contributed by atoms with E-state index in [0.717, 1.165) is 5.56 Å². The summed E-state index contributed by atoms with van der Waals surface area (Å²) in [6.45, 7) is 3.71. The summed E-state index contributed by atoms with van der Waals surface area (Å²) in [5, 5.41) is 0. The third kappa shape index (κ3) is 6.81. The third-order valence-electron chi connectivity index (χ3n) is 4.16. The van der Waals surface area contributed by atoms with E-state index in [4.69, 9.17) is 28.4 Å². The summed E-state index contributed by atoms with van der Waals surface area (Å²) in [5.41, 5.74) is 0.868. The maximum absolute atomic E-state index is 11.7. The van der Waals surface area contributed by atoms with Gasteiger partial charge in [-0.05, 0) is 5.56 Å². The third-order valence-corrected chi connectivity index (χ3v) is 4.16. The molecule has 1 saturated heterocycles. The van der Waals surface area contributed by atoms with Crippen LogP contribution in [0.5, 0.6) is 0 Å².